The number of hydrogen-bond acceptors (Lipinski definition) is 3. The average Bonchev–Trinajstić information content (AvgIpc) is 3.15. The van der Waals surface area contributed by atoms with Crippen LogP contribution in [0.1, 0.15) is 12.0 Å². The summed E-state index contributed by atoms with van der Waals surface area (Å²) in [4.78, 5) is 16.2. The maximum absolute atomic E-state index is 13.8. The Morgan fingerprint density at radius 1 is 1.33 bits per heavy atom. The van der Waals surface area contributed by atoms with Gasteiger partial charge in [0.15, 0.2) is 5.13 Å². The molecule has 1 aliphatic rings. The molecule has 1 N–H and O–H groups in total. The number of aromatic nitrogens is 1. The number of benzene rings is 2. The van der Waals surface area contributed by atoms with E-state index < -0.39 is 12.1 Å². The fraction of sp³-hybridized carbons (Fsp3) is 0.222. The van der Waals surface area contributed by atoms with E-state index in [1.165, 1.54) is 17.4 Å². The number of hydrogen-bond donors (Lipinski definition) is 1. The number of fused-ring (bicyclic) bond motifs is 1. The number of thiazole rings is 1. The van der Waals surface area contributed by atoms with E-state index in [0.29, 0.717) is 17.1 Å². The van der Waals surface area contributed by atoms with Gasteiger partial charge in [-0.2, -0.15) is 0 Å². The molecule has 0 radical (unpaired) electrons. The zero-order valence-electron chi connectivity index (χ0n) is 12.8. The maximum Gasteiger partial charge on any atom is 0.232 e. The summed E-state index contributed by atoms with van der Waals surface area (Å²) < 4.78 is 27.6. The molecule has 3 aromatic rings. The standard InChI is InChI=1S/C18H14F2N2OS/c1-9-11(3-2-4-13(9)19)10-5-6-15-16(7-10)24-18(21-15)22-17(23)12-8-14(12)20/h2-7,12,14H,8H2,1H3,(H,21,22,23). The summed E-state index contributed by atoms with van der Waals surface area (Å²) in [7, 11) is 0. The monoisotopic (exact) mass is 344 g/mol. The minimum absolute atomic E-state index is 0.241. The number of nitrogens with one attached hydrogen (secondary N) is 1. The van der Waals surface area contributed by atoms with Crippen molar-refractivity contribution in [3.8, 4) is 11.1 Å². The molecule has 1 saturated carbocycles. The first kappa shape index (κ1) is 15.2. The number of amides is 1. The molecular formula is C18H14F2N2OS. The zero-order chi connectivity index (χ0) is 16.8. The molecule has 1 aliphatic carbocycles. The fourth-order valence-corrected chi connectivity index (χ4v) is 3.61. The minimum atomic E-state index is -1.03. The summed E-state index contributed by atoms with van der Waals surface area (Å²) in [6.07, 6.45) is -0.735. The van der Waals surface area contributed by atoms with Crippen molar-refractivity contribution in [3.63, 3.8) is 0 Å². The number of rotatable bonds is 3. The lowest BCUT2D eigenvalue weighted by molar-refractivity contribution is -0.117. The molecule has 3 nitrogen and oxygen atoms in total. The molecule has 6 heteroatoms. The number of carbonyl (C=O) groups is 1. The van der Waals surface area contributed by atoms with E-state index in [-0.39, 0.29) is 11.7 Å². The molecule has 24 heavy (non-hydrogen) atoms. The van der Waals surface area contributed by atoms with Crippen molar-refractivity contribution >= 4 is 32.6 Å². The first-order valence-corrected chi connectivity index (χ1v) is 8.45. The van der Waals surface area contributed by atoms with Crippen LogP contribution in [0.3, 0.4) is 0 Å². The molecule has 0 spiro atoms. The van der Waals surface area contributed by atoms with Gasteiger partial charge in [-0.15, -0.1) is 0 Å². The van der Waals surface area contributed by atoms with E-state index in [2.05, 4.69) is 10.3 Å². The predicted molar refractivity (Wildman–Crippen MR) is 91.4 cm³/mol. The van der Waals surface area contributed by atoms with Crippen LogP contribution in [-0.2, 0) is 4.79 Å². The Labute approximate surface area is 141 Å². The molecule has 0 aliphatic heterocycles. The van der Waals surface area contributed by atoms with Crippen molar-refractivity contribution in [2.75, 3.05) is 5.32 Å². The number of nitrogens with zero attached hydrogens (tertiary/aromatic N) is 1. The van der Waals surface area contributed by atoms with Crippen LogP contribution in [0.4, 0.5) is 13.9 Å². The van der Waals surface area contributed by atoms with Crippen molar-refractivity contribution in [3.05, 3.63) is 47.8 Å². The third-order valence-electron chi connectivity index (χ3n) is 4.25. The molecule has 4 rings (SSSR count). The number of halogens is 2. The topological polar surface area (TPSA) is 42.0 Å². The Hall–Kier alpha value is -2.34. The third-order valence-corrected chi connectivity index (χ3v) is 5.18. The van der Waals surface area contributed by atoms with E-state index in [0.717, 1.165) is 21.3 Å². The summed E-state index contributed by atoms with van der Waals surface area (Å²) in [5.74, 6) is -1.10. The highest BCUT2D eigenvalue weighted by atomic mass is 32.1. The summed E-state index contributed by atoms with van der Waals surface area (Å²) >= 11 is 1.33. The van der Waals surface area contributed by atoms with Crippen molar-refractivity contribution < 1.29 is 13.6 Å². The normalized spacial score (nSPS) is 19.5. The van der Waals surface area contributed by atoms with E-state index in [9.17, 15) is 13.6 Å². The summed E-state index contributed by atoms with van der Waals surface area (Å²) in [5.41, 5.74) is 3.07. The maximum atomic E-state index is 13.8. The Balaban J connectivity index is 1.66. The van der Waals surface area contributed by atoms with Gasteiger partial charge in [0.1, 0.15) is 12.0 Å². The van der Waals surface area contributed by atoms with Crippen LogP contribution < -0.4 is 5.32 Å². The third kappa shape index (κ3) is 2.67. The van der Waals surface area contributed by atoms with Crippen LogP contribution in [0.25, 0.3) is 21.3 Å². The van der Waals surface area contributed by atoms with Gasteiger partial charge in [0, 0.05) is 0 Å². The highest BCUT2D eigenvalue weighted by molar-refractivity contribution is 7.22. The van der Waals surface area contributed by atoms with E-state index in [1.54, 1.807) is 13.0 Å². The molecule has 1 amide bonds. The van der Waals surface area contributed by atoms with Crippen LogP contribution in [0.5, 0.6) is 0 Å². The predicted octanol–water partition coefficient (Wildman–Crippen LogP) is 4.71. The Kier molecular flexibility index (Phi) is 3.57. The molecule has 0 bridgehead atoms. The van der Waals surface area contributed by atoms with Crippen molar-refractivity contribution in [1.82, 2.24) is 4.98 Å². The van der Waals surface area contributed by atoms with E-state index >= 15 is 0 Å². The Bertz CT molecular complexity index is 953. The lowest BCUT2D eigenvalue weighted by Gasteiger charge is -2.06. The molecule has 2 unspecified atom stereocenters. The van der Waals surface area contributed by atoms with E-state index in [1.807, 2.05) is 24.3 Å². The molecule has 0 saturated heterocycles. The van der Waals surface area contributed by atoms with Gasteiger partial charge in [0.05, 0.1) is 16.1 Å². The Morgan fingerprint density at radius 3 is 2.88 bits per heavy atom. The van der Waals surface area contributed by atoms with Crippen LogP contribution in [0.2, 0.25) is 0 Å². The molecule has 2 aromatic carbocycles. The fourth-order valence-electron chi connectivity index (χ4n) is 2.70. The number of alkyl halides is 1. The van der Waals surface area contributed by atoms with Crippen LogP contribution >= 0.6 is 11.3 Å². The summed E-state index contributed by atoms with van der Waals surface area (Å²) in [5, 5.41) is 3.13. The van der Waals surface area contributed by atoms with Crippen LogP contribution in [-0.4, -0.2) is 17.1 Å². The highest BCUT2D eigenvalue weighted by Gasteiger charge is 2.43. The van der Waals surface area contributed by atoms with E-state index in [4.69, 9.17) is 0 Å². The highest BCUT2D eigenvalue weighted by Crippen LogP contribution is 2.36. The van der Waals surface area contributed by atoms with Crippen LogP contribution in [0, 0.1) is 18.7 Å². The quantitative estimate of drug-likeness (QED) is 0.748. The molecule has 1 heterocycles. The largest absolute Gasteiger partial charge is 0.302 e. The van der Waals surface area contributed by atoms with Crippen molar-refractivity contribution in [2.45, 2.75) is 19.5 Å². The average molecular weight is 344 g/mol. The van der Waals surface area contributed by atoms with Gasteiger partial charge in [0.2, 0.25) is 5.91 Å². The SMILES string of the molecule is Cc1c(F)cccc1-c1ccc2nc(NC(=O)C3CC3F)sc2c1. The smallest absolute Gasteiger partial charge is 0.232 e. The number of anilines is 1. The zero-order valence-corrected chi connectivity index (χ0v) is 13.7. The summed E-state index contributed by atoms with van der Waals surface area (Å²) in [6, 6.07) is 10.7. The van der Waals surface area contributed by atoms with Gasteiger partial charge in [-0.1, -0.05) is 29.5 Å². The van der Waals surface area contributed by atoms with Gasteiger partial charge < -0.3 is 5.32 Å². The molecule has 1 aromatic heterocycles. The minimum Gasteiger partial charge on any atom is -0.302 e. The van der Waals surface area contributed by atoms with Crippen molar-refractivity contribution in [1.29, 1.82) is 0 Å². The molecule has 122 valence electrons. The molecule has 1 fully saturated rings. The van der Waals surface area contributed by atoms with Gasteiger partial charge in [-0.05, 0) is 48.2 Å². The lowest BCUT2D eigenvalue weighted by atomic mass is 10.0. The van der Waals surface area contributed by atoms with Crippen molar-refractivity contribution in [2.24, 2.45) is 5.92 Å². The Morgan fingerprint density at radius 2 is 2.12 bits per heavy atom. The molecular weight excluding hydrogens is 330 g/mol. The molecule has 2 atom stereocenters. The first-order chi connectivity index (χ1) is 11.5. The lowest BCUT2D eigenvalue weighted by Crippen LogP contribution is -2.14. The number of carbonyl (C=O) groups excluding carboxylic acids is 1. The second-order valence-corrected chi connectivity index (χ2v) is 6.99. The second kappa shape index (κ2) is 5.63. The second-order valence-electron chi connectivity index (χ2n) is 5.96. The van der Waals surface area contributed by atoms with Gasteiger partial charge in [-0.25, -0.2) is 13.8 Å². The van der Waals surface area contributed by atoms with Gasteiger partial charge in [-0.3, -0.25) is 4.79 Å². The summed E-state index contributed by atoms with van der Waals surface area (Å²) in [6.45, 7) is 1.75. The van der Waals surface area contributed by atoms with Crippen LogP contribution in [0.15, 0.2) is 36.4 Å². The van der Waals surface area contributed by atoms with Gasteiger partial charge in [0.25, 0.3) is 0 Å². The van der Waals surface area contributed by atoms with Gasteiger partial charge >= 0.3 is 0 Å². The first-order valence-electron chi connectivity index (χ1n) is 7.64.